The molecule has 4 rings (SSSR count). The van der Waals surface area contributed by atoms with Gasteiger partial charge in [0.1, 0.15) is 5.82 Å². The van der Waals surface area contributed by atoms with E-state index in [1.807, 2.05) is 4.90 Å². The summed E-state index contributed by atoms with van der Waals surface area (Å²) in [7, 11) is 0. The van der Waals surface area contributed by atoms with Crippen LogP contribution in [0.2, 0.25) is 0 Å². The van der Waals surface area contributed by atoms with Crippen LogP contribution in [0.5, 0.6) is 0 Å². The lowest BCUT2D eigenvalue weighted by Crippen LogP contribution is -2.57. The van der Waals surface area contributed by atoms with Gasteiger partial charge in [0.25, 0.3) is 6.43 Å². The third-order valence-electron chi connectivity index (χ3n) is 5.84. The van der Waals surface area contributed by atoms with Crippen LogP contribution in [0.1, 0.15) is 12.8 Å². The Hall–Kier alpha value is -3.39. The van der Waals surface area contributed by atoms with E-state index in [1.54, 1.807) is 18.5 Å². The average Bonchev–Trinajstić information content (AvgIpc) is 2.88. The van der Waals surface area contributed by atoms with Crippen molar-refractivity contribution in [2.24, 2.45) is 0 Å². The summed E-state index contributed by atoms with van der Waals surface area (Å²) in [5.41, 5.74) is 5.83. The molecule has 1 amide bonds. The third kappa shape index (κ3) is 6.19. The number of nitrogens with zero attached hydrogens (tertiary/aromatic N) is 6. The molecule has 2 aromatic rings. The van der Waals surface area contributed by atoms with Crippen LogP contribution >= 0.6 is 0 Å². The van der Waals surface area contributed by atoms with Crippen LogP contribution in [-0.2, 0) is 9.47 Å². The Morgan fingerprint density at radius 2 is 2.00 bits per heavy atom. The second kappa shape index (κ2) is 10.9. The van der Waals surface area contributed by atoms with Gasteiger partial charge in [0.05, 0.1) is 31.1 Å². The van der Waals surface area contributed by atoms with Crippen LogP contribution in [0.4, 0.5) is 31.3 Å². The number of nitrogens with one attached hydrogen (secondary N) is 1. The highest BCUT2D eigenvalue weighted by Crippen LogP contribution is 2.29. The van der Waals surface area contributed by atoms with Gasteiger partial charge < -0.3 is 35.4 Å². The van der Waals surface area contributed by atoms with Gasteiger partial charge in [-0.3, -0.25) is 0 Å². The summed E-state index contributed by atoms with van der Waals surface area (Å²) in [5.74, 6) is 1.02. The summed E-state index contributed by atoms with van der Waals surface area (Å²) >= 11 is 0. The molecule has 0 spiro atoms. The Kier molecular flexibility index (Phi) is 7.70. The maximum Gasteiger partial charge on any atom is 0.410 e. The number of carbonyl (C=O) groups excluding carboxylic acids is 1. The van der Waals surface area contributed by atoms with E-state index in [9.17, 15) is 18.7 Å². The topological polar surface area (TPSA) is 152 Å². The highest BCUT2D eigenvalue weighted by molar-refractivity contribution is 5.68. The average molecular weight is 495 g/mol. The molecule has 2 aliphatic heterocycles. The fourth-order valence-corrected chi connectivity index (χ4v) is 4.08. The number of aliphatic hydroxyl groups excluding tert-OH is 1. The first-order valence-electron chi connectivity index (χ1n) is 11.3. The molecular formula is C21H28F2N8O4. The molecule has 4 heterocycles. The fourth-order valence-electron chi connectivity index (χ4n) is 4.08. The van der Waals surface area contributed by atoms with Crippen molar-refractivity contribution in [1.29, 1.82) is 0 Å². The van der Waals surface area contributed by atoms with E-state index in [1.165, 1.54) is 4.90 Å². The number of nitrogen functional groups attached to an aromatic ring is 1. The number of carbonyl (C=O) groups is 1. The molecule has 35 heavy (non-hydrogen) atoms. The van der Waals surface area contributed by atoms with Crippen molar-refractivity contribution < 1.29 is 28.2 Å². The fraction of sp³-hybridized carbons (Fsp3) is 0.571. The molecule has 190 valence electrons. The molecule has 0 radical (unpaired) electrons. The Balaban J connectivity index is 1.61. The van der Waals surface area contributed by atoms with Crippen molar-refractivity contribution in [3.05, 3.63) is 18.5 Å². The normalized spacial score (nSPS) is 20.7. The van der Waals surface area contributed by atoms with Crippen molar-refractivity contribution in [3.8, 4) is 11.3 Å². The number of nitrogens with two attached hydrogens (primary N) is 1. The molecule has 12 nitrogen and oxygen atoms in total. The number of likely N-dealkylation sites (tertiary alicyclic amines) is 1. The molecule has 0 bridgehead atoms. The van der Waals surface area contributed by atoms with Crippen LogP contribution < -0.4 is 16.0 Å². The minimum atomic E-state index is -2.75. The predicted molar refractivity (Wildman–Crippen MR) is 122 cm³/mol. The minimum Gasteiger partial charge on any atom is -0.443 e. The molecule has 0 aromatic carbocycles. The van der Waals surface area contributed by atoms with E-state index in [0.717, 1.165) is 0 Å². The number of ether oxygens (including phenoxy) is 2. The second-order valence-corrected chi connectivity index (χ2v) is 8.42. The lowest BCUT2D eigenvalue weighted by molar-refractivity contribution is 0.0211. The van der Waals surface area contributed by atoms with E-state index < -0.39 is 24.7 Å². The number of halogens is 2. The first-order chi connectivity index (χ1) is 16.9. The van der Waals surface area contributed by atoms with Crippen LogP contribution in [-0.4, -0.2) is 101 Å². The quantitative estimate of drug-likeness (QED) is 0.505. The maximum absolute atomic E-state index is 12.5. The lowest BCUT2D eigenvalue weighted by atomic mass is 9.90. The van der Waals surface area contributed by atoms with Gasteiger partial charge in [0.15, 0.2) is 6.61 Å². The zero-order chi connectivity index (χ0) is 24.8. The number of anilines is 3. The SMILES string of the molecule is Nc1ncc(-c2cc(N[C@@]3(CO)CCCN(C(=O)OCC(F)F)C3)nc(N3CCOCC3)n2)cn1. The molecule has 14 heteroatoms. The van der Waals surface area contributed by atoms with E-state index in [2.05, 4.69) is 30.0 Å². The summed E-state index contributed by atoms with van der Waals surface area (Å²) in [6.45, 7) is 1.39. The molecule has 0 aliphatic carbocycles. The van der Waals surface area contributed by atoms with Crippen molar-refractivity contribution >= 4 is 23.8 Å². The van der Waals surface area contributed by atoms with E-state index in [0.29, 0.717) is 68.7 Å². The second-order valence-electron chi connectivity index (χ2n) is 8.42. The lowest BCUT2D eigenvalue weighted by Gasteiger charge is -2.42. The molecule has 2 fully saturated rings. The first-order valence-corrected chi connectivity index (χ1v) is 11.3. The molecule has 4 N–H and O–H groups in total. The number of amides is 1. The highest BCUT2D eigenvalue weighted by atomic mass is 19.3. The monoisotopic (exact) mass is 494 g/mol. The van der Waals surface area contributed by atoms with Crippen molar-refractivity contribution in [2.75, 3.05) is 68.6 Å². The standard InChI is InChI=1S/C21H28F2N8O4/c22-16(23)11-35-20(33)31-3-1-2-21(12-31,13-32)29-17-8-15(14-9-25-18(24)26-10-14)27-19(28-17)30-4-6-34-7-5-30/h8-10,16,32H,1-7,11-13H2,(H2,24,25,26)(H,27,28,29)/t21-/m0/s1. The Labute approximate surface area is 200 Å². The molecule has 2 aliphatic rings. The molecule has 2 aromatic heterocycles. The van der Waals surface area contributed by atoms with Crippen LogP contribution in [0.3, 0.4) is 0 Å². The summed E-state index contributed by atoms with van der Waals surface area (Å²) in [4.78, 5) is 33.0. The van der Waals surface area contributed by atoms with Gasteiger partial charge in [0.2, 0.25) is 11.9 Å². The maximum atomic E-state index is 12.5. The largest absolute Gasteiger partial charge is 0.443 e. The summed E-state index contributed by atoms with van der Waals surface area (Å²) in [5, 5.41) is 13.6. The van der Waals surface area contributed by atoms with E-state index in [4.69, 9.17) is 10.5 Å². The van der Waals surface area contributed by atoms with Crippen LogP contribution in [0.25, 0.3) is 11.3 Å². The molecule has 1 atom stereocenters. The van der Waals surface area contributed by atoms with Gasteiger partial charge in [-0.05, 0) is 12.8 Å². The number of aromatic nitrogens is 4. The number of morpholine rings is 1. The number of rotatable bonds is 7. The minimum absolute atomic E-state index is 0.0583. The Bertz CT molecular complexity index is 1010. The smallest absolute Gasteiger partial charge is 0.410 e. The number of aliphatic hydroxyl groups is 1. The van der Waals surface area contributed by atoms with Crippen LogP contribution in [0, 0.1) is 0 Å². The third-order valence-corrected chi connectivity index (χ3v) is 5.84. The number of hydrogen-bond donors (Lipinski definition) is 3. The van der Waals surface area contributed by atoms with E-state index >= 15 is 0 Å². The van der Waals surface area contributed by atoms with Crippen molar-refractivity contribution in [1.82, 2.24) is 24.8 Å². The molecule has 0 saturated carbocycles. The number of hydrogen-bond acceptors (Lipinski definition) is 11. The Morgan fingerprint density at radius 3 is 2.69 bits per heavy atom. The van der Waals surface area contributed by atoms with Gasteiger partial charge in [-0.1, -0.05) is 0 Å². The van der Waals surface area contributed by atoms with E-state index in [-0.39, 0.29) is 19.1 Å². The molecular weight excluding hydrogens is 466 g/mol. The number of alkyl halides is 2. The van der Waals surface area contributed by atoms with Gasteiger partial charge in [-0.25, -0.2) is 28.5 Å². The molecule has 2 saturated heterocycles. The zero-order valence-corrected chi connectivity index (χ0v) is 19.1. The Morgan fingerprint density at radius 1 is 1.26 bits per heavy atom. The first kappa shape index (κ1) is 24.7. The predicted octanol–water partition coefficient (Wildman–Crippen LogP) is 0.993. The van der Waals surface area contributed by atoms with Gasteiger partial charge >= 0.3 is 6.09 Å². The summed E-state index contributed by atoms with van der Waals surface area (Å²) in [6, 6.07) is 1.70. The number of piperidine rings is 1. The van der Waals surface area contributed by atoms with Gasteiger partial charge in [-0.15, -0.1) is 0 Å². The van der Waals surface area contributed by atoms with Crippen LogP contribution in [0.15, 0.2) is 18.5 Å². The van der Waals surface area contributed by atoms with Crippen molar-refractivity contribution in [3.63, 3.8) is 0 Å². The summed E-state index contributed by atoms with van der Waals surface area (Å²) < 4.78 is 35.0. The highest BCUT2D eigenvalue weighted by Gasteiger charge is 2.38. The zero-order valence-electron chi connectivity index (χ0n) is 19.1. The molecule has 0 unspecified atom stereocenters. The van der Waals surface area contributed by atoms with Gasteiger partial charge in [0, 0.05) is 50.2 Å². The summed E-state index contributed by atoms with van der Waals surface area (Å²) in [6.07, 6.45) is 0.582. The van der Waals surface area contributed by atoms with Gasteiger partial charge in [-0.2, -0.15) is 4.98 Å². The van der Waals surface area contributed by atoms with Crippen molar-refractivity contribution in [2.45, 2.75) is 24.8 Å².